The third-order valence-electron chi connectivity index (χ3n) is 3.28. The molecular weight excluding hydrogens is 200 g/mol. The van der Waals surface area contributed by atoms with Gasteiger partial charge < -0.3 is 10.2 Å². The highest BCUT2D eigenvalue weighted by Gasteiger charge is 2.20. The fourth-order valence-corrected chi connectivity index (χ4v) is 2.07. The molecule has 0 bridgehead atoms. The Bertz CT molecular complexity index is 322. The fraction of sp³-hybridized carbons (Fsp3) is 0.667. The summed E-state index contributed by atoms with van der Waals surface area (Å²) < 4.78 is 0. The van der Waals surface area contributed by atoms with Crippen molar-refractivity contribution in [3.05, 3.63) is 18.0 Å². The standard InChI is InChI=1S/C12H20N4/c1-3-10-7-13-12(14-8-10)15-9-11-5-4-6-16(11)2/h7-8,11H,3-6,9H2,1-2H3,(H,13,14,15)/t11-/m0/s1. The van der Waals surface area contributed by atoms with E-state index in [2.05, 4.69) is 34.2 Å². The Morgan fingerprint density at radius 1 is 1.44 bits per heavy atom. The highest BCUT2D eigenvalue weighted by Crippen LogP contribution is 2.14. The summed E-state index contributed by atoms with van der Waals surface area (Å²) in [5.41, 5.74) is 1.18. The summed E-state index contributed by atoms with van der Waals surface area (Å²) in [5, 5.41) is 3.30. The Morgan fingerprint density at radius 3 is 2.75 bits per heavy atom. The fourth-order valence-electron chi connectivity index (χ4n) is 2.07. The molecule has 2 heterocycles. The third kappa shape index (κ3) is 2.70. The average molecular weight is 220 g/mol. The van der Waals surface area contributed by atoms with Crippen LogP contribution in [0.15, 0.2) is 12.4 Å². The minimum atomic E-state index is 0.634. The van der Waals surface area contributed by atoms with Crippen LogP contribution in [-0.2, 0) is 6.42 Å². The lowest BCUT2D eigenvalue weighted by molar-refractivity contribution is 0.322. The van der Waals surface area contributed by atoms with Crippen molar-refractivity contribution in [2.75, 3.05) is 25.5 Å². The molecule has 2 rings (SSSR count). The lowest BCUT2D eigenvalue weighted by atomic mass is 10.2. The van der Waals surface area contributed by atoms with Gasteiger partial charge in [-0.3, -0.25) is 0 Å². The van der Waals surface area contributed by atoms with Crippen LogP contribution in [0, 0.1) is 0 Å². The van der Waals surface area contributed by atoms with Crippen LogP contribution in [0.25, 0.3) is 0 Å². The Hall–Kier alpha value is -1.16. The number of aryl methyl sites for hydroxylation is 1. The number of hydrogen-bond acceptors (Lipinski definition) is 4. The Morgan fingerprint density at radius 2 is 2.19 bits per heavy atom. The minimum Gasteiger partial charge on any atom is -0.353 e. The summed E-state index contributed by atoms with van der Waals surface area (Å²) in [6, 6.07) is 0.634. The summed E-state index contributed by atoms with van der Waals surface area (Å²) in [5.74, 6) is 0.748. The number of hydrogen-bond donors (Lipinski definition) is 1. The van der Waals surface area contributed by atoms with Crippen LogP contribution >= 0.6 is 0 Å². The van der Waals surface area contributed by atoms with Gasteiger partial charge in [-0.15, -0.1) is 0 Å². The number of likely N-dealkylation sites (N-methyl/N-ethyl adjacent to an activating group) is 1. The zero-order valence-corrected chi connectivity index (χ0v) is 10.1. The molecule has 0 radical (unpaired) electrons. The van der Waals surface area contributed by atoms with Crippen LogP contribution < -0.4 is 5.32 Å². The first-order chi connectivity index (χ1) is 7.79. The molecule has 0 aliphatic carbocycles. The van der Waals surface area contributed by atoms with E-state index in [0.717, 1.165) is 18.9 Å². The number of nitrogens with one attached hydrogen (secondary N) is 1. The number of rotatable bonds is 4. The molecule has 0 unspecified atom stereocenters. The van der Waals surface area contributed by atoms with Gasteiger partial charge in [-0.05, 0) is 38.4 Å². The molecular formula is C12H20N4. The zero-order valence-electron chi connectivity index (χ0n) is 10.1. The van der Waals surface area contributed by atoms with Crippen molar-refractivity contribution in [3.8, 4) is 0 Å². The molecule has 88 valence electrons. The van der Waals surface area contributed by atoms with Gasteiger partial charge in [0.05, 0.1) is 0 Å². The maximum atomic E-state index is 4.29. The first-order valence-corrected chi connectivity index (χ1v) is 6.04. The largest absolute Gasteiger partial charge is 0.353 e. The maximum Gasteiger partial charge on any atom is 0.222 e. The van der Waals surface area contributed by atoms with Crippen LogP contribution in [0.2, 0.25) is 0 Å². The van der Waals surface area contributed by atoms with Gasteiger partial charge >= 0.3 is 0 Å². The summed E-state index contributed by atoms with van der Waals surface area (Å²) in [6.07, 6.45) is 7.36. The van der Waals surface area contributed by atoms with Gasteiger partial charge in [0.15, 0.2) is 0 Å². The topological polar surface area (TPSA) is 41.1 Å². The zero-order chi connectivity index (χ0) is 11.4. The van der Waals surface area contributed by atoms with E-state index in [-0.39, 0.29) is 0 Å². The second-order valence-corrected chi connectivity index (χ2v) is 4.43. The van der Waals surface area contributed by atoms with Crippen LogP contribution in [0.4, 0.5) is 5.95 Å². The average Bonchev–Trinajstić information content (AvgIpc) is 2.73. The second kappa shape index (κ2) is 5.25. The van der Waals surface area contributed by atoms with Gasteiger partial charge in [-0.1, -0.05) is 6.92 Å². The van der Waals surface area contributed by atoms with Crippen LogP contribution in [0.3, 0.4) is 0 Å². The number of anilines is 1. The van der Waals surface area contributed by atoms with Crippen molar-refractivity contribution in [2.24, 2.45) is 0 Å². The number of aromatic nitrogens is 2. The van der Waals surface area contributed by atoms with Crippen LogP contribution in [-0.4, -0.2) is 41.0 Å². The molecule has 1 aromatic rings. The van der Waals surface area contributed by atoms with Crippen LogP contribution in [0.5, 0.6) is 0 Å². The van der Waals surface area contributed by atoms with E-state index < -0.39 is 0 Å². The van der Waals surface area contributed by atoms with Gasteiger partial charge in [0.1, 0.15) is 0 Å². The maximum absolute atomic E-state index is 4.29. The quantitative estimate of drug-likeness (QED) is 0.835. The smallest absolute Gasteiger partial charge is 0.222 e. The van der Waals surface area contributed by atoms with E-state index >= 15 is 0 Å². The van der Waals surface area contributed by atoms with E-state index in [4.69, 9.17) is 0 Å². The van der Waals surface area contributed by atoms with E-state index in [1.165, 1.54) is 24.9 Å². The Labute approximate surface area is 97.1 Å². The number of likely N-dealkylation sites (tertiary alicyclic amines) is 1. The SMILES string of the molecule is CCc1cnc(NC[C@@H]2CCCN2C)nc1. The highest BCUT2D eigenvalue weighted by molar-refractivity contribution is 5.25. The highest BCUT2D eigenvalue weighted by atomic mass is 15.2. The predicted molar refractivity (Wildman–Crippen MR) is 65.6 cm³/mol. The van der Waals surface area contributed by atoms with Crippen molar-refractivity contribution >= 4 is 5.95 Å². The van der Waals surface area contributed by atoms with E-state index in [9.17, 15) is 0 Å². The number of nitrogens with zero attached hydrogens (tertiary/aromatic N) is 3. The van der Waals surface area contributed by atoms with Gasteiger partial charge in [-0.25, -0.2) is 9.97 Å². The normalized spacial score (nSPS) is 21.2. The van der Waals surface area contributed by atoms with Crippen molar-refractivity contribution in [3.63, 3.8) is 0 Å². The third-order valence-corrected chi connectivity index (χ3v) is 3.28. The minimum absolute atomic E-state index is 0.634. The molecule has 4 heteroatoms. The van der Waals surface area contributed by atoms with Crippen molar-refractivity contribution < 1.29 is 0 Å². The molecule has 1 saturated heterocycles. The second-order valence-electron chi connectivity index (χ2n) is 4.43. The molecule has 16 heavy (non-hydrogen) atoms. The first kappa shape index (κ1) is 11.3. The summed E-state index contributed by atoms with van der Waals surface area (Å²) in [7, 11) is 2.18. The van der Waals surface area contributed by atoms with Crippen molar-refractivity contribution in [1.82, 2.24) is 14.9 Å². The lowest BCUT2D eigenvalue weighted by Crippen LogP contribution is -2.31. The van der Waals surface area contributed by atoms with Gasteiger partial charge in [-0.2, -0.15) is 0 Å². The lowest BCUT2D eigenvalue weighted by Gasteiger charge is -2.19. The Kier molecular flexibility index (Phi) is 3.72. The summed E-state index contributed by atoms with van der Waals surface area (Å²) in [6.45, 7) is 4.27. The van der Waals surface area contributed by atoms with E-state index in [1.54, 1.807) is 0 Å². The molecule has 4 nitrogen and oxygen atoms in total. The molecule has 1 aliphatic heterocycles. The molecule has 1 fully saturated rings. The monoisotopic (exact) mass is 220 g/mol. The molecule has 0 spiro atoms. The summed E-state index contributed by atoms with van der Waals surface area (Å²) in [4.78, 5) is 11.0. The first-order valence-electron chi connectivity index (χ1n) is 6.04. The Balaban J connectivity index is 1.84. The molecule has 0 amide bonds. The molecule has 1 aromatic heterocycles. The van der Waals surface area contributed by atoms with Gasteiger partial charge in [0, 0.05) is 25.0 Å². The molecule has 0 saturated carbocycles. The van der Waals surface area contributed by atoms with E-state index in [0.29, 0.717) is 6.04 Å². The summed E-state index contributed by atoms with van der Waals surface area (Å²) >= 11 is 0. The van der Waals surface area contributed by atoms with Crippen molar-refractivity contribution in [2.45, 2.75) is 32.2 Å². The predicted octanol–water partition coefficient (Wildman–Crippen LogP) is 1.55. The van der Waals surface area contributed by atoms with Crippen LogP contribution in [0.1, 0.15) is 25.3 Å². The molecule has 1 aliphatic rings. The van der Waals surface area contributed by atoms with Crippen molar-refractivity contribution in [1.29, 1.82) is 0 Å². The molecule has 0 aromatic carbocycles. The van der Waals surface area contributed by atoms with E-state index in [1.807, 2.05) is 12.4 Å². The molecule has 1 N–H and O–H groups in total. The molecule has 1 atom stereocenters. The van der Waals surface area contributed by atoms with Gasteiger partial charge in [0.25, 0.3) is 0 Å². The van der Waals surface area contributed by atoms with Gasteiger partial charge in [0.2, 0.25) is 5.95 Å².